The number of dihydropyridines is 1. The Morgan fingerprint density at radius 3 is 2.83 bits per heavy atom. The van der Waals surface area contributed by atoms with E-state index in [4.69, 9.17) is 4.74 Å². The molecule has 0 bridgehead atoms. The number of hydrazone groups is 1. The van der Waals surface area contributed by atoms with Gasteiger partial charge < -0.3 is 10.1 Å². The van der Waals surface area contributed by atoms with E-state index in [0.717, 1.165) is 0 Å². The summed E-state index contributed by atoms with van der Waals surface area (Å²) in [5.74, 6) is 0.681. The zero-order valence-corrected chi connectivity index (χ0v) is 17.5. The van der Waals surface area contributed by atoms with E-state index in [-0.39, 0.29) is 11.3 Å². The van der Waals surface area contributed by atoms with Crippen LogP contribution in [-0.2, 0) is 9.53 Å². The Balaban J connectivity index is 1.88. The summed E-state index contributed by atoms with van der Waals surface area (Å²) in [7, 11) is 1.47. The molecule has 1 aliphatic carbocycles. The van der Waals surface area contributed by atoms with Gasteiger partial charge in [-0.05, 0) is 43.8 Å². The minimum Gasteiger partial charge on any atom is -0.495 e. The van der Waals surface area contributed by atoms with E-state index in [1.54, 1.807) is 19.1 Å². The lowest BCUT2D eigenvalue weighted by molar-refractivity contribution is -0.115. The van der Waals surface area contributed by atoms with Crippen molar-refractivity contribution in [3.8, 4) is 0 Å². The number of nitrogens with zero attached hydrogens (tertiary/aromatic N) is 1. The second kappa shape index (κ2) is 9.47. The summed E-state index contributed by atoms with van der Waals surface area (Å²) in [6.45, 7) is 3.69. The number of thioether (sulfide) groups is 1. The number of rotatable bonds is 7. The SMILES string of the molecule is C/C=C\C(C(=O)NC1=NNC(C2CC2)S1)=C(/CC)C1=CC(C(F)F)NC=C1OC. The number of hydrogen-bond acceptors (Lipinski definition) is 6. The highest BCUT2D eigenvalue weighted by Gasteiger charge is 2.36. The molecule has 1 saturated carbocycles. The fourth-order valence-corrected chi connectivity index (χ4v) is 4.31. The topological polar surface area (TPSA) is 74.8 Å². The van der Waals surface area contributed by atoms with Gasteiger partial charge in [0, 0.05) is 17.3 Å². The first kappa shape index (κ1) is 21.4. The molecule has 0 radical (unpaired) electrons. The van der Waals surface area contributed by atoms with Gasteiger partial charge in [0.2, 0.25) is 0 Å². The minimum absolute atomic E-state index is 0.201. The van der Waals surface area contributed by atoms with Crippen LogP contribution in [0.5, 0.6) is 0 Å². The number of nitrogens with one attached hydrogen (secondary N) is 3. The van der Waals surface area contributed by atoms with Crippen LogP contribution in [0.3, 0.4) is 0 Å². The molecule has 0 aromatic heterocycles. The van der Waals surface area contributed by atoms with Crippen LogP contribution in [0.25, 0.3) is 0 Å². The van der Waals surface area contributed by atoms with E-state index in [1.807, 2.05) is 6.92 Å². The molecule has 2 aliphatic heterocycles. The van der Waals surface area contributed by atoms with E-state index < -0.39 is 12.5 Å². The highest BCUT2D eigenvalue weighted by Crippen LogP contribution is 2.39. The van der Waals surface area contributed by atoms with Crippen LogP contribution in [0.15, 0.2) is 52.0 Å². The average Bonchev–Trinajstić information content (AvgIpc) is 3.47. The number of methoxy groups -OCH3 is 1. The van der Waals surface area contributed by atoms with Crippen molar-refractivity contribution in [3.05, 3.63) is 46.9 Å². The van der Waals surface area contributed by atoms with E-state index >= 15 is 0 Å². The first-order valence-corrected chi connectivity index (χ1v) is 10.5. The smallest absolute Gasteiger partial charge is 0.261 e. The third-order valence-corrected chi connectivity index (χ3v) is 6.06. The summed E-state index contributed by atoms with van der Waals surface area (Å²) in [6.07, 6.45) is 6.52. The summed E-state index contributed by atoms with van der Waals surface area (Å²) in [5.41, 5.74) is 4.59. The van der Waals surface area contributed by atoms with Crippen molar-refractivity contribution in [2.24, 2.45) is 11.0 Å². The number of amidine groups is 1. The molecule has 9 heteroatoms. The van der Waals surface area contributed by atoms with Crippen molar-refractivity contribution in [3.63, 3.8) is 0 Å². The summed E-state index contributed by atoms with van der Waals surface area (Å²) in [6, 6.07) is -1.14. The molecule has 1 fully saturated rings. The Hall–Kier alpha value is -2.29. The summed E-state index contributed by atoms with van der Waals surface area (Å²) in [4.78, 5) is 13.0. The van der Waals surface area contributed by atoms with Crippen LogP contribution in [0.2, 0.25) is 0 Å². The largest absolute Gasteiger partial charge is 0.495 e. The number of carbonyl (C=O) groups is 1. The standard InChI is InChI=1S/C20H26F2N4O2S/c1-4-6-13(18(27)24-20-26-25-19(29-20)11-7-8-11)12(5-2)14-9-15(17(21)22)23-10-16(14)28-3/h4,6,9-11,15,17,19,23,25H,5,7-8H2,1-3H3,(H,24,26,27)/b6-4-,13-12-. The van der Waals surface area contributed by atoms with Crippen molar-refractivity contribution < 1.29 is 18.3 Å². The van der Waals surface area contributed by atoms with Crippen molar-refractivity contribution in [2.75, 3.05) is 7.11 Å². The van der Waals surface area contributed by atoms with Crippen LogP contribution in [0, 0.1) is 5.92 Å². The molecule has 158 valence electrons. The predicted octanol–water partition coefficient (Wildman–Crippen LogP) is 3.38. The van der Waals surface area contributed by atoms with Gasteiger partial charge >= 0.3 is 0 Å². The van der Waals surface area contributed by atoms with Crippen molar-refractivity contribution in [2.45, 2.75) is 51.0 Å². The van der Waals surface area contributed by atoms with Crippen molar-refractivity contribution in [1.82, 2.24) is 16.1 Å². The molecule has 2 atom stereocenters. The molecular weight excluding hydrogens is 398 g/mol. The molecule has 0 aromatic carbocycles. The Kier molecular flexibility index (Phi) is 7.00. The molecule has 0 spiro atoms. The lowest BCUT2D eigenvalue weighted by atomic mass is 9.92. The maximum atomic E-state index is 13.3. The molecule has 6 nitrogen and oxygen atoms in total. The van der Waals surface area contributed by atoms with Crippen LogP contribution in [0.1, 0.15) is 33.1 Å². The normalized spacial score (nSPS) is 25.0. The second-order valence-electron chi connectivity index (χ2n) is 6.94. The first-order valence-electron chi connectivity index (χ1n) is 9.66. The summed E-state index contributed by atoms with van der Waals surface area (Å²) in [5, 5.41) is 10.4. The second-order valence-corrected chi connectivity index (χ2v) is 8.07. The quantitative estimate of drug-likeness (QED) is 0.432. The first-order chi connectivity index (χ1) is 14.0. The molecule has 1 amide bonds. The highest BCUT2D eigenvalue weighted by atomic mass is 32.2. The minimum atomic E-state index is -2.58. The lowest BCUT2D eigenvalue weighted by Gasteiger charge is -2.24. The van der Waals surface area contributed by atoms with Gasteiger partial charge in [-0.15, -0.1) is 0 Å². The van der Waals surface area contributed by atoms with Crippen LogP contribution in [0.4, 0.5) is 8.78 Å². The van der Waals surface area contributed by atoms with E-state index in [1.165, 1.54) is 44.0 Å². The Morgan fingerprint density at radius 1 is 1.48 bits per heavy atom. The zero-order valence-electron chi connectivity index (χ0n) is 16.7. The number of hydrogen-bond donors (Lipinski definition) is 3. The van der Waals surface area contributed by atoms with Gasteiger partial charge in [-0.1, -0.05) is 30.8 Å². The number of ether oxygens (including phenoxy) is 1. The number of halogens is 2. The third kappa shape index (κ3) is 5.01. The lowest BCUT2D eigenvalue weighted by Crippen LogP contribution is -2.34. The fraction of sp³-hybridized carbons (Fsp3) is 0.500. The van der Waals surface area contributed by atoms with Gasteiger partial charge in [-0.3, -0.25) is 15.5 Å². The number of carbonyl (C=O) groups excluding carboxylic acids is 1. The average molecular weight is 425 g/mol. The van der Waals surface area contributed by atoms with Gasteiger partial charge in [0.1, 0.15) is 11.8 Å². The maximum absolute atomic E-state index is 13.3. The van der Waals surface area contributed by atoms with Crippen LogP contribution < -0.4 is 16.1 Å². The summed E-state index contributed by atoms with van der Waals surface area (Å²) >= 11 is 1.51. The molecule has 2 unspecified atom stereocenters. The molecule has 2 heterocycles. The maximum Gasteiger partial charge on any atom is 0.261 e. The van der Waals surface area contributed by atoms with Crippen LogP contribution >= 0.6 is 11.8 Å². The molecule has 0 saturated heterocycles. The van der Waals surface area contributed by atoms with E-state index in [9.17, 15) is 13.6 Å². The predicted molar refractivity (Wildman–Crippen MR) is 111 cm³/mol. The fourth-order valence-electron chi connectivity index (χ4n) is 3.25. The molecule has 0 aromatic rings. The molecule has 3 N–H and O–H groups in total. The Bertz CT molecular complexity index is 800. The Morgan fingerprint density at radius 2 is 2.24 bits per heavy atom. The molecule has 3 aliphatic rings. The van der Waals surface area contributed by atoms with Crippen molar-refractivity contribution in [1.29, 1.82) is 0 Å². The van der Waals surface area contributed by atoms with Gasteiger partial charge in [-0.2, -0.15) is 5.10 Å². The van der Waals surface area contributed by atoms with Crippen molar-refractivity contribution >= 4 is 22.8 Å². The van der Waals surface area contributed by atoms with Gasteiger partial charge in [0.15, 0.2) is 5.17 Å². The monoisotopic (exact) mass is 424 g/mol. The highest BCUT2D eigenvalue weighted by molar-refractivity contribution is 8.14. The number of allylic oxidation sites excluding steroid dienone is 2. The Labute approximate surface area is 173 Å². The zero-order chi connectivity index (χ0) is 21.0. The molecule has 3 rings (SSSR count). The number of amides is 1. The number of alkyl halides is 2. The molecule has 29 heavy (non-hydrogen) atoms. The van der Waals surface area contributed by atoms with E-state index in [0.29, 0.717) is 40.0 Å². The van der Waals surface area contributed by atoms with Gasteiger partial charge in [0.05, 0.1) is 12.5 Å². The third-order valence-electron chi connectivity index (χ3n) is 4.89. The van der Waals surface area contributed by atoms with Gasteiger partial charge in [0.25, 0.3) is 12.3 Å². The summed E-state index contributed by atoms with van der Waals surface area (Å²) < 4.78 is 31.9. The van der Waals surface area contributed by atoms with Crippen LogP contribution in [-0.4, -0.2) is 36.0 Å². The molecular formula is C20H26F2N4O2S. The van der Waals surface area contributed by atoms with Gasteiger partial charge in [-0.25, -0.2) is 8.78 Å². The van der Waals surface area contributed by atoms with E-state index in [2.05, 4.69) is 21.2 Å².